The number of hydrogen-bond acceptors (Lipinski definition) is 2. The van der Waals surface area contributed by atoms with E-state index >= 15 is 0 Å². The highest BCUT2D eigenvalue weighted by Crippen LogP contribution is 2.33. The van der Waals surface area contributed by atoms with Gasteiger partial charge in [-0.25, -0.2) is 0 Å². The smallest absolute Gasteiger partial charge is 0.0935 e. The minimum absolute atomic E-state index is 0.428. The van der Waals surface area contributed by atoms with E-state index in [0.29, 0.717) is 20.8 Å². The molecule has 2 rings (SSSR count). The van der Waals surface area contributed by atoms with Crippen molar-refractivity contribution < 1.29 is 0 Å². The molecule has 0 saturated heterocycles. The first-order valence-corrected chi connectivity index (χ1v) is 7.47. The quantitative estimate of drug-likeness (QED) is 0.381. The fraction of sp³-hybridized carbons (Fsp3) is 0. The average Bonchev–Trinajstić information content (AvgIpc) is 2.34. The van der Waals surface area contributed by atoms with Gasteiger partial charge in [-0.2, -0.15) is 5.10 Å². The van der Waals surface area contributed by atoms with Gasteiger partial charge in [0.25, 0.3) is 0 Å². The van der Waals surface area contributed by atoms with Crippen molar-refractivity contribution in [1.82, 2.24) is 0 Å². The molecule has 0 heterocycles. The Balaban J connectivity index is 2.18. The van der Waals surface area contributed by atoms with E-state index in [-0.39, 0.29) is 0 Å². The van der Waals surface area contributed by atoms with Crippen molar-refractivity contribution in [2.24, 2.45) is 5.10 Å². The van der Waals surface area contributed by atoms with Gasteiger partial charge in [0.15, 0.2) is 0 Å². The average molecular weight is 425 g/mol. The second-order valence-electron chi connectivity index (χ2n) is 3.64. The lowest BCUT2D eigenvalue weighted by Crippen LogP contribution is -1.94. The molecule has 0 amide bonds. The van der Waals surface area contributed by atoms with Crippen LogP contribution in [0.4, 0.5) is 5.69 Å². The van der Waals surface area contributed by atoms with E-state index in [0.717, 1.165) is 9.13 Å². The van der Waals surface area contributed by atoms with E-state index in [9.17, 15) is 0 Å². The molecule has 0 aliphatic heterocycles. The van der Waals surface area contributed by atoms with E-state index in [4.69, 9.17) is 34.8 Å². The Morgan fingerprint density at radius 2 is 1.68 bits per heavy atom. The Kier molecular flexibility index (Phi) is 5.33. The van der Waals surface area contributed by atoms with Gasteiger partial charge in [-0.05, 0) is 40.8 Å². The van der Waals surface area contributed by atoms with Crippen LogP contribution in [0.1, 0.15) is 5.56 Å². The molecular formula is C13H8Cl3IN2. The monoisotopic (exact) mass is 424 g/mol. The van der Waals surface area contributed by atoms with Gasteiger partial charge >= 0.3 is 0 Å². The van der Waals surface area contributed by atoms with Gasteiger partial charge in [-0.3, -0.25) is 5.43 Å². The third kappa shape index (κ3) is 3.99. The van der Waals surface area contributed by atoms with Crippen molar-refractivity contribution in [2.45, 2.75) is 0 Å². The lowest BCUT2D eigenvalue weighted by atomic mass is 10.2. The summed E-state index contributed by atoms with van der Waals surface area (Å²) in [6, 6.07) is 11.1. The molecule has 1 N–H and O–H groups in total. The number of nitrogens with zero attached hydrogens (tertiary/aromatic N) is 1. The fourth-order valence-electron chi connectivity index (χ4n) is 1.40. The second-order valence-corrected chi connectivity index (χ2v) is 6.05. The number of nitrogens with one attached hydrogen (secondary N) is 1. The summed E-state index contributed by atoms with van der Waals surface area (Å²) in [6.07, 6.45) is 1.71. The van der Waals surface area contributed by atoms with Crippen LogP contribution in [0, 0.1) is 3.57 Å². The third-order valence-electron chi connectivity index (χ3n) is 2.29. The first-order valence-electron chi connectivity index (χ1n) is 5.26. The van der Waals surface area contributed by atoms with Gasteiger partial charge in [0.1, 0.15) is 0 Å². The van der Waals surface area contributed by atoms with Crippen LogP contribution in [0.2, 0.25) is 15.1 Å². The molecule has 0 aliphatic carbocycles. The van der Waals surface area contributed by atoms with E-state index in [1.807, 2.05) is 24.3 Å². The van der Waals surface area contributed by atoms with Crippen LogP contribution in [-0.2, 0) is 0 Å². The highest BCUT2D eigenvalue weighted by Gasteiger charge is 2.06. The van der Waals surface area contributed by atoms with E-state index < -0.39 is 0 Å². The standard InChI is InChI=1S/C13H8Cl3IN2/c14-9-5-10(15)13(11(16)6-9)19-18-7-8-3-1-2-4-12(8)17/h1-7,19H/b18-7-. The molecule has 0 fully saturated rings. The summed E-state index contributed by atoms with van der Waals surface area (Å²) in [7, 11) is 0. The number of hydrazone groups is 1. The van der Waals surface area contributed by atoms with Gasteiger partial charge in [-0.1, -0.05) is 53.0 Å². The minimum Gasteiger partial charge on any atom is -0.275 e. The zero-order valence-corrected chi connectivity index (χ0v) is 13.9. The van der Waals surface area contributed by atoms with Gasteiger partial charge < -0.3 is 0 Å². The molecule has 0 saturated carbocycles. The Bertz CT molecular complexity index is 606. The molecule has 2 aromatic carbocycles. The lowest BCUT2D eigenvalue weighted by Gasteiger charge is -2.06. The first kappa shape index (κ1) is 14.9. The fourth-order valence-corrected chi connectivity index (χ4v) is 2.82. The first-order chi connectivity index (χ1) is 9.08. The van der Waals surface area contributed by atoms with E-state index in [1.54, 1.807) is 18.3 Å². The zero-order chi connectivity index (χ0) is 13.8. The topological polar surface area (TPSA) is 24.4 Å². The summed E-state index contributed by atoms with van der Waals surface area (Å²) >= 11 is 20.2. The third-order valence-corrected chi connectivity index (χ3v) is 4.09. The molecule has 0 unspecified atom stereocenters. The summed E-state index contributed by atoms with van der Waals surface area (Å²) in [5, 5.41) is 5.48. The molecule has 0 atom stereocenters. The Hall–Kier alpha value is -0.490. The summed E-state index contributed by atoms with van der Waals surface area (Å²) in [6.45, 7) is 0. The molecule has 0 radical (unpaired) electrons. The molecular weight excluding hydrogens is 417 g/mol. The summed E-state index contributed by atoms with van der Waals surface area (Å²) < 4.78 is 1.11. The predicted octanol–water partition coefficient (Wildman–Crippen LogP) is 5.70. The molecule has 0 bridgehead atoms. The predicted molar refractivity (Wildman–Crippen MR) is 91.8 cm³/mol. The highest BCUT2D eigenvalue weighted by atomic mass is 127. The second kappa shape index (κ2) is 6.79. The normalized spacial score (nSPS) is 10.9. The van der Waals surface area contributed by atoms with Crippen molar-refractivity contribution in [3.63, 3.8) is 0 Å². The van der Waals surface area contributed by atoms with Crippen molar-refractivity contribution in [1.29, 1.82) is 0 Å². The molecule has 0 aromatic heterocycles. The summed E-state index contributed by atoms with van der Waals surface area (Å²) in [5.41, 5.74) is 4.38. The number of rotatable bonds is 3. The SMILES string of the molecule is Clc1cc(Cl)c(N/N=C\c2ccccc2I)c(Cl)c1. The maximum Gasteiger partial charge on any atom is 0.0935 e. The van der Waals surface area contributed by atoms with Gasteiger partial charge in [0, 0.05) is 14.2 Å². The van der Waals surface area contributed by atoms with E-state index in [1.165, 1.54) is 0 Å². The Morgan fingerprint density at radius 1 is 1.05 bits per heavy atom. The van der Waals surface area contributed by atoms with Crippen LogP contribution in [0.5, 0.6) is 0 Å². The molecule has 0 aliphatic rings. The number of halogens is 4. The zero-order valence-electron chi connectivity index (χ0n) is 9.50. The van der Waals surface area contributed by atoms with Crippen molar-refractivity contribution in [2.75, 3.05) is 5.43 Å². The van der Waals surface area contributed by atoms with Gasteiger partial charge in [0.05, 0.1) is 21.9 Å². The van der Waals surface area contributed by atoms with Crippen LogP contribution in [-0.4, -0.2) is 6.21 Å². The molecule has 2 nitrogen and oxygen atoms in total. The van der Waals surface area contributed by atoms with Gasteiger partial charge in [0.2, 0.25) is 0 Å². The Morgan fingerprint density at radius 3 is 2.32 bits per heavy atom. The van der Waals surface area contributed by atoms with Gasteiger partial charge in [-0.15, -0.1) is 0 Å². The molecule has 98 valence electrons. The number of benzene rings is 2. The lowest BCUT2D eigenvalue weighted by molar-refractivity contribution is 1.35. The summed E-state index contributed by atoms with van der Waals surface area (Å²) in [4.78, 5) is 0. The maximum absolute atomic E-state index is 6.04. The minimum atomic E-state index is 0.428. The molecule has 2 aromatic rings. The van der Waals surface area contributed by atoms with Crippen LogP contribution in [0.3, 0.4) is 0 Å². The number of hydrogen-bond donors (Lipinski definition) is 1. The molecule has 19 heavy (non-hydrogen) atoms. The van der Waals surface area contributed by atoms with Crippen LogP contribution >= 0.6 is 57.4 Å². The van der Waals surface area contributed by atoms with Crippen LogP contribution < -0.4 is 5.43 Å². The van der Waals surface area contributed by atoms with Crippen molar-refractivity contribution >= 4 is 69.3 Å². The molecule has 0 spiro atoms. The molecule has 6 heteroatoms. The largest absolute Gasteiger partial charge is 0.275 e. The van der Waals surface area contributed by atoms with Crippen LogP contribution in [0.25, 0.3) is 0 Å². The summed E-state index contributed by atoms with van der Waals surface area (Å²) in [5.74, 6) is 0. The van der Waals surface area contributed by atoms with Crippen molar-refractivity contribution in [3.05, 3.63) is 60.6 Å². The van der Waals surface area contributed by atoms with Crippen LogP contribution in [0.15, 0.2) is 41.5 Å². The van der Waals surface area contributed by atoms with E-state index in [2.05, 4.69) is 33.1 Å². The number of anilines is 1. The maximum atomic E-state index is 6.04. The van der Waals surface area contributed by atoms with Crippen molar-refractivity contribution in [3.8, 4) is 0 Å². The Labute approximate surface area is 139 Å². The highest BCUT2D eigenvalue weighted by molar-refractivity contribution is 14.1.